The van der Waals surface area contributed by atoms with Crippen molar-refractivity contribution < 1.29 is 4.42 Å². The average molecular weight is 372 g/mol. The molecule has 0 aliphatic rings. The Labute approximate surface area is 167 Å². The standard InChI is InChI=1S/C26H29NO/c1-25(2,3)18-11-13-19(14-12-18)27(26(4,5)6)20-15-16-24-22(17-20)21-9-7-8-10-23(21)28-24/h7-17H,1-6H3. The van der Waals surface area contributed by atoms with Gasteiger partial charge in [0, 0.05) is 27.7 Å². The molecule has 4 rings (SSSR count). The summed E-state index contributed by atoms with van der Waals surface area (Å²) in [7, 11) is 0. The summed E-state index contributed by atoms with van der Waals surface area (Å²) < 4.78 is 6.01. The van der Waals surface area contributed by atoms with Crippen LogP contribution in [0, 0.1) is 0 Å². The van der Waals surface area contributed by atoms with Crippen molar-refractivity contribution in [1.82, 2.24) is 0 Å². The molecule has 28 heavy (non-hydrogen) atoms. The fourth-order valence-corrected chi connectivity index (χ4v) is 3.89. The maximum absolute atomic E-state index is 6.01. The number of anilines is 2. The zero-order valence-corrected chi connectivity index (χ0v) is 17.7. The van der Waals surface area contributed by atoms with E-state index in [-0.39, 0.29) is 11.0 Å². The minimum absolute atomic E-state index is 0.0591. The third kappa shape index (κ3) is 3.28. The highest BCUT2D eigenvalue weighted by Crippen LogP contribution is 2.38. The van der Waals surface area contributed by atoms with Crippen molar-refractivity contribution in [2.45, 2.75) is 52.5 Å². The van der Waals surface area contributed by atoms with Gasteiger partial charge in [0.25, 0.3) is 0 Å². The van der Waals surface area contributed by atoms with E-state index in [1.54, 1.807) is 0 Å². The van der Waals surface area contributed by atoms with Crippen LogP contribution in [0.4, 0.5) is 11.4 Å². The molecule has 0 bridgehead atoms. The van der Waals surface area contributed by atoms with Crippen LogP contribution in [-0.2, 0) is 5.41 Å². The highest BCUT2D eigenvalue weighted by Gasteiger charge is 2.25. The third-order valence-electron chi connectivity index (χ3n) is 5.28. The zero-order valence-electron chi connectivity index (χ0n) is 17.7. The van der Waals surface area contributed by atoms with Crippen LogP contribution in [0.25, 0.3) is 21.9 Å². The number of hydrogen-bond donors (Lipinski definition) is 0. The van der Waals surface area contributed by atoms with Crippen LogP contribution in [-0.4, -0.2) is 5.54 Å². The summed E-state index contributed by atoms with van der Waals surface area (Å²) in [4.78, 5) is 2.40. The first kappa shape index (κ1) is 18.6. The van der Waals surface area contributed by atoms with Crippen LogP contribution in [0.2, 0.25) is 0 Å². The van der Waals surface area contributed by atoms with E-state index in [9.17, 15) is 0 Å². The number of benzene rings is 3. The molecule has 0 saturated heterocycles. The first-order valence-corrected chi connectivity index (χ1v) is 9.97. The van der Waals surface area contributed by atoms with E-state index in [0.717, 1.165) is 21.9 Å². The molecule has 0 aliphatic carbocycles. The highest BCUT2D eigenvalue weighted by molar-refractivity contribution is 6.06. The van der Waals surface area contributed by atoms with Gasteiger partial charge in [-0.25, -0.2) is 0 Å². The molecule has 0 atom stereocenters. The van der Waals surface area contributed by atoms with Crippen molar-refractivity contribution in [3.63, 3.8) is 0 Å². The number of hydrogen-bond acceptors (Lipinski definition) is 2. The summed E-state index contributed by atoms with van der Waals surface area (Å²) in [5, 5.41) is 2.32. The molecule has 4 aromatic rings. The minimum atomic E-state index is -0.0591. The van der Waals surface area contributed by atoms with E-state index < -0.39 is 0 Å². The molecule has 2 heteroatoms. The van der Waals surface area contributed by atoms with Crippen LogP contribution in [0.5, 0.6) is 0 Å². The summed E-state index contributed by atoms with van der Waals surface area (Å²) in [5.74, 6) is 0. The molecule has 1 heterocycles. The van der Waals surface area contributed by atoms with Crippen molar-refractivity contribution in [2.75, 3.05) is 4.90 Å². The van der Waals surface area contributed by atoms with Crippen molar-refractivity contribution in [3.05, 3.63) is 72.3 Å². The van der Waals surface area contributed by atoms with E-state index in [4.69, 9.17) is 4.42 Å². The molecule has 0 amide bonds. The summed E-state index contributed by atoms with van der Waals surface area (Å²) in [6.45, 7) is 13.5. The molecule has 0 fully saturated rings. The van der Waals surface area contributed by atoms with Crippen LogP contribution >= 0.6 is 0 Å². The van der Waals surface area contributed by atoms with E-state index in [1.807, 2.05) is 12.1 Å². The second kappa shape index (κ2) is 6.41. The van der Waals surface area contributed by atoms with Crippen molar-refractivity contribution in [3.8, 4) is 0 Å². The Bertz CT molecular complexity index is 1120. The number of fused-ring (bicyclic) bond motifs is 3. The number of para-hydroxylation sites is 1. The summed E-state index contributed by atoms with van der Waals surface area (Å²) in [5.41, 5.74) is 5.69. The van der Waals surface area contributed by atoms with Gasteiger partial charge in [-0.2, -0.15) is 0 Å². The average Bonchev–Trinajstić information content (AvgIpc) is 2.98. The fraction of sp³-hybridized carbons (Fsp3) is 0.308. The van der Waals surface area contributed by atoms with E-state index in [1.165, 1.54) is 16.9 Å². The topological polar surface area (TPSA) is 16.4 Å². The molecular weight excluding hydrogens is 342 g/mol. The lowest BCUT2D eigenvalue weighted by Crippen LogP contribution is -2.37. The normalized spacial score (nSPS) is 12.6. The Hall–Kier alpha value is -2.74. The molecule has 144 valence electrons. The van der Waals surface area contributed by atoms with Crippen molar-refractivity contribution in [1.29, 1.82) is 0 Å². The van der Waals surface area contributed by atoms with Gasteiger partial charge in [-0.1, -0.05) is 51.1 Å². The van der Waals surface area contributed by atoms with Gasteiger partial charge in [-0.3, -0.25) is 0 Å². The van der Waals surface area contributed by atoms with Crippen LogP contribution < -0.4 is 4.90 Å². The van der Waals surface area contributed by atoms with Gasteiger partial charge < -0.3 is 9.32 Å². The molecule has 0 aliphatic heterocycles. The van der Waals surface area contributed by atoms with Gasteiger partial charge in [0.1, 0.15) is 11.2 Å². The molecule has 2 nitrogen and oxygen atoms in total. The predicted octanol–water partition coefficient (Wildman–Crippen LogP) is 7.82. The van der Waals surface area contributed by atoms with Crippen molar-refractivity contribution >= 4 is 33.3 Å². The lowest BCUT2D eigenvalue weighted by Gasteiger charge is -2.38. The molecule has 0 spiro atoms. The molecular formula is C26H29NO. The Morgan fingerprint density at radius 2 is 1.25 bits per heavy atom. The predicted molar refractivity (Wildman–Crippen MR) is 121 cm³/mol. The second-order valence-electron chi connectivity index (χ2n) is 9.58. The number of furan rings is 1. The summed E-state index contributed by atoms with van der Waals surface area (Å²) in [6.07, 6.45) is 0. The Morgan fingerprint density at radius 3 is 1.89 bits per heavy atom. The summed E-state index contributed by atoms with van der Waals surface area (Å²) >= 11 is 0. The molecule has 0 unspecified atom stereocenters. The van der Waals surface area contributed by atoms with Crippen LogP contribution in [0.15, 0.2) is 71.1 Å². The molecule has 1 aromatic heterocycles. The van der Waals surface area contributed by atoms with Crippen molar-refractivity contribution in [2.24, 2.45) is 0 Å². The second-order valence-corrected chi connectivity index (χ2v) is 9.58. The van der Waals surface area contributed by atoms with E-state index in [2.05, 4.69) is 101 Å². The van der Waals surface area contributed by atoms with Crippen LogP contribution in [0.1, 0.15) is 47.1 Å². The molecule has 0 radical (unpaired) electrons. The zero-order chi connectivity index (χ0) is 20.1. The first-order valence-electron chi connectivity index (χ1n) is 9.97. The quantitative estimate of drug-likeness (QED) is 0.357. The Kier molecular flexibility index (Phi) is 4.26. The van der Waals surface area contributed by atoms with Gasteiger partial charge >= 0.3 is 0 Å². The lowest BCUT2D eigenvalue weighted by atomic mass is 9.87. The summed E-state index contributed by atoms with van der Waals surface area (Å²) in [6, 6.07) is 23.7. The number of nitrogens with zero attached hydrogens (tertiary/aromatic N) is 1. The van der Waals surface area contributed by atoms with Crippen LogP contribution in [0.3, 0.4) is 0 Å². The smallest absolute Gasteiger partial charge is 0.135 e. The fourth-order valence-electron chi connectivity index (χ4n) is 3.89. The van der Waals surface area contributed by atoms with Gasteiger partial charge in [0.05, 0.1) is 0 Å². The molecule has 0 saturated carbocycles. The van der Waals surface area contributed by atoms with Gasteiger partial charge in [-0.15, -0.1) is 0 Å². The minimum Gasteiger partial charge on any atom is -0.456 e. The van der Waals surface area contributed by atoms with E-state index in [0.29, 0.717) is 0 Å². The van der Waals surface area contributed by atoms with Gasteiger partial charge in [0.2, 0.25) is 0 Å². The maximum Gasteiger partial charge on any atom is 0.135 e. The first-order chi connectivity index (χ1) is 13.1. The monoisotopic (exact) mass is 371 g/mol. The van der Waals surface area contributed by atoms with E-state index >= 15 is 0 Å². The largest absolute Gasteiger partial charge is 0.456 e. The maximum atomic E-state index is 6.01. The lowest BCUT2D eigenvalue weighted by molar-refractivity contribution is 0.559. The highest BCUT2D eigenvalue weighted by atomic mass is 16.3. The SMILES string of the molecule is CC(C)(C)c1ccc(N(c2ccc3oc4ccccc4c3c2)C(C)(C)C)cc1. The Balaban J connectivity index is 1.85. The molecule has 3 aromatic carbocycles. The third-order valence-corrected chi connectivity index (χ3v) is 5.28. The Morgan fingerprint density at radius 1 is 0.643 bits per heavy atom. The number of rotatable bonds is 2. The van der Waals surface area contributed by atoms with Gasteiger partial charge in [0.15, 0.2) is 0 Å². The van der Waals surface area contributed by atoms with Gasteiger partial charge in [-0.05, 0) is 68.1 Å². The molecule has 0 N–H and O–H groups in total.